The van der Waals surface area contributed by atoms with Gasteiger partial charge in [0.25, 0.3) is 10.0 Å². The molecular weight excluding hydrogens is 288 g/mol. The van der Waals surface area contributed by atoms with Gasteiger partial charge in [-0.1, -0.05) is 13.3 Å². The monoisotopic (exact) mass is 314 g/mol. The number of nitrogens with zero attached hydrogens (tertiary/aromatic N) is 2. The van der Waals surface area contributed by atoms with Crippen LogP contribution in [-0.4, -0.2) is 36.6 Å². The van der Waals surface area contributed by atoms with Gasteiger partial charge in [-0.05, 0) is 33.1 Å². The van der Waals surface area contributed by atoms with Crippen LogP contribution in [0.4, 0.5) is 0 Å². The number of rotatable bonds is 6. The predicted molar refractivity (Wildman–Crippen MR) is 82.7 cm³/mol. The van der Waals surface area contributed by atoms with Gasteiger partial charge in [0.2, 0.25) is 0 Å². The van der Waals surface area contributed by atoms with Gasteiger partial charge in [-0.25, -0.2) is 18.1 Å². The van der Waals surface area contributed by atoms with Crippen molar-refractivity contribution in [2.45, 2.75) is 70.1 Å². The Morgan fingerprint density at radius 1 is 1.48 bits per heavy atom. The molecule has 120 valence electrons. The third-order valence-corrected chi connectivity index (χ3v) is 5.22. The summed E-state index contributed by atoms with van der Waals surface area (Å²) >= 11 is 0. The maximum Gasteiger partial charge on any atom is 0.259 e. The molecule has 2 unspecified atom stereocenters. The van der Waals surface area contributed by atoms with Crippen molar-refractivity contribution in [1.29, 1.82) is 0 Å². The van der Waals surface area contributed by atoms with Gasteiger partial charge < -0.3 is 9.88 Å². The van der Waals surface area contributed by atoms with Crippen molar-refractivity contribution in [1.82, 2.24) is 19.6 Å². The molecule has 1 aliphatic rings. The fourth-order valence-electron chi connectivity index (χ4n) is 2.76. The van der Waals surface area contributed by atoms with E-state index in [1.54, 1.807) is 6.20 Å². The first-order valence-corrected chi connectivity index (χ1v) is 9.20. The van der Waals surface area contributed by atoms with E-state index in [2.05, 4.69) is 28.9 Å². The summed E-state index contributed by atoms with van der Waals surface area (Å²) in [6.45, 7) is 7.24. The van der Waals surface area contributed by atoms with Crippen molar-refractivity contribution in [2.24, 2.45) is 0 Å². The number of hydrogen-bond acceptors (Lipinski definition) is 4. The van der Waals surface area contributed by atoms with Crippen LogP contribution in [-0.2, 0) is 16.6 Å². The highest BCUT2D eigenvalue weighted by Gasteiger charge is 2.23. The summed E-state index contributed by atoms with van der Waals surface area (Å²) in [6, 6.07) is 0.668. The van der Waals surface area contributed by atoms with E-state index in [4.69, 9.17) is 0 Å². The third-order valence-electron chi connectivity index (χ3n) is 3.92. The smallest absolute Gasteiger partial charge is 0.259 e. The number of imidazole rings is 1. The van der Waals surface area contributed by atoms with Crippen LogP contribution < -0.4 is 10.0 Å². The minimum absolute atomic E-state index is 0.123. The Morgan fingerprint density at radius 2 is 2.24 bits per heavy atom. The molecule has 2 atom stereocenters. The summed E-state index contributed by atoms with van der Waals surface area (Å²) in [5, 5.41) is 3.55. The molecule has 1 saturated heterocycles. The largest absolute Gasteiger partial charge is 0.334 e. The molecule has 0 saturated carbocycles. The molecule has 21 heavy (non-hydrogen) atoms. The molecule has 2 heterocycles. The molecule has 7 heteroatoms. The maximum absolute atomic E-state index is 12.3. The fraction of sp³-hybridized carbons (Fsp3) is 0.786. The number of aromatic nitrogens is 2. The zero-order valence-electron chi connectivity index (χ0n) is 13.1. The standard InChI is InChI=1S/C14H26N4O2S/c1-4-8-18-10-14(17-12(18)3)21(19,20)15-9-13-7-5-6-11(2)16-13/h10-11,13,15-16H,4-9H2,1-3H3. The molecule has 1 aromatic heterocycles. The first kappa shape index (κ1) is 16.5. The summed E-state index contributed by atoms with van der Waals surface area (Å²) in [5.41, 5.74) is 0. The van der Waals surface area contributed by atoms with Gasteiger partial charge in [0.1, 0.15) is 5.82 Å². The van der Waals surface area contributed by atoms with E-state index < -0.39 is 10.0 Å². The zero-order valence-corrected chi connectivity index (χ0v) is 13.9. The number of hydrogen-bond donors (Lipinski definition) is 2. The molecule has 2 N–H and O–H groups in total. The second-order valence-corrected chi connectivity index (χ2v) is 7.58. The lowest BCUT2D eigenvalue weighted by Gasteiger charge is -2.28. The van der Waals surface area contributed by atoms with Crippen LogP contribution in [0.3, 0.4) is 0 Å². The molecule has 1 aliphatic heterocycles. The highest BCUT2D eigenvalue weighted by Crippen LogP contribution is 2.13. The van der Waals surface area contributed by atoms with Gasteiger partial charge >= 0.3 is 0 Å². The van der Waals surface area contributed by atoms with Crippen molar-refractivity contribution in [3.63, 3.8) is 0 Å². The van der Waals surface area contributed by atoms with Gasteiger partial charge in [0.15, 0.2) is 5.03 Å². The quantitative estimate of drug-likeness (QED) is 0.832. The van der Waals surface area contributed by atoms with E-state index in [0.29, 0.717) is 12.6 Å². The van der Waals surface area contributed by atoms with E-state index in [1.807, 2.05) is 11.5 Å². The van der Waals surface area contributed by atoms with Gasteiger partial charge in [0.05, 0.1) is 0 Å². The Hall–Kier alpha value is -0.920. The molecule has 0 radical (unpaired) electrons. The molecule has 2 rings (SSSR count). The first-order chi connectivity index (χ1) is 9.92. The van der Waals surface area contributed by atoms with Crippen molar-refractivity contribution in [3.05, 3.63) is 12.0 Å². The molecular formula is C14H26N4O2S. The van der Waals surface area contributed by atoms with Crippen molar-refractivity contribution < 1.29 is 8.42 Å². The number of nitrogens with one attached hydrogen (secondary N) is 2. The lowest BCUT2D eigenvalue weighted by Crippen LogP contribution is -2.47. The maximum atomic E-state index is 12.3. The highest BCUT2D eigenvalue weighted by atomic mass is 32.2. The summed E-state index contributed by atoms with van der Waals surface area (Å²) in [7, 11) is -3.52. The van der Waals surface area contributed by atoms with Crippen molar-refractivity contribution in [2.75, 3.05) is 6.54 Å². The second kappa shape index (κ2) is 6.89. The van der Waals surface area contributed by atoms with Crippen molar-refractivity contribution in [3.8, 4) is 0 Å². The van der Waals surface area contributed by atoms with Crippen LogP contribution in [0.1, 0.15) is 45.4 Å². The van der Waals surface area contributed by atoms with Crippen LogP contribution in [0, 0.1) is 6.92 Å². The highest BCUT2D eigenvalue weighted by molar-refractivity contribution is 7.89. The molecule has 0 spiro atoms. The Bertz CT molecular complexity index is 568. The number of sulfonamides is 1. The molecule has 0 aliphatic carbocycles. The van der Waals surface area contributed by atoms with Crippen LogP contribution in [0.2, 0.25) is 0 Å². The minimum atomic E-state index is -3.52. The van der Waals surface area contributed by atoms with Crippen LogP contribution >= 0.6 is 0 Å². The zero-order chi connectivity index (χ0) is 15.5. The van der Waals surface area contributed by atoms with E-state index in [-0.39, 0.29) is 11.1 Å². The summed E-state index contributed by atoms with van der Waals surface area (Å²) in [6.07, 6.45) is 5.89. The minimum Gasteiger partial charge on any atom is -0.334 e. The fourth-order valence-corrected chi connectivity index (χ4v) is 3.85. The van der Waals surface area contributed by atoms with E-state index in [1.165, 1.54) is 0 Å². The normalized spacial score (nSPS) is 23.4. The topological polar surface area (TPSA) is 76.0 Å². The third kappa shape index (κ3) is 4.28. The molecule has 6 nitrogen and oxygen atoms in total. The second-order valence-electron chi connectivity index (χ2n) is 5.87. The van der Waals surface area contributed by atoms with E-state index in [0.717, 1.165) is 38.1 Å². The molecule has 0 bridgehead atoms. The summed E-state index contributed by atoms with van der Waals surface area (Å²) in [5.74, 6) is 0.738. The van der Waals surface area contributed by atoms with E-state index >= 15 is 0 Å². The average molecular weight is 314 g/mol. The van der Waals surface area contributed by atoms with Gasteiger partial charge in [0, 0.05) is 31.4 Å². The van der Waals surface area contributed by atoms with Gasteiger partial charge in [-0.3, -0.25) is 0 Å². The SMILES string of the molecule is CCCn1cc(S(=O)(=O)NCC2CCCC(C)N2)nc1C. The van der Waals surface area contributed by atoms with E-state index in [9.17, 15) is 8.42 Å². The predicted octanol–water partition coefficient (Wildman–Crippen LogP) is 1.41. The first-order valence-electron chi connectivity index (χ1n) is 7.72. The van der Waals surface area contributed by atoms with Crippen LogP contribution in [0.5, 0.6) is 0 Å². The summed E-state index contributed by atoms with van der Waals surface area (Å²) < 4.78 is 29.2. The molecule has 1 fully saturated rings. The molecule has 0 amide bonds. The van der Waals surface area contributed by atoms with Gasteiger partial charge in [-0.2, -0.15) is 0 Å². The Labute approximate surface area is 127 Å². The Morgan fingerprint density at radius 3 is 2.90 bits per heavy atom. The lowest BCUT2D eigenvalue weighted by molar-refractivity contribution is 0.334. The molecule has 0 aromatic carbocycles. The molecule has 1 aromatic rings. The van der Waals surface area contributed by atoms with Crippen LogP contribution in [0.15, 0.2) is 11.2 Å². The number of aryl methyl sites for hydroxylation is 2. The lowest BCUT2D eigenvalue weighted by atomic mass is 10.00. The number of piperidine rings is 1. The average Bonchev–Trinajstić information content (AvgIpc) is 2.80. The Balaban J connectivity index is 1.99. The van der Waals surface area contributed by atoms with Gasteiger partial charge in [-0.15, -0.1) is 0 Å². The van der Waals surface area contributed by atoms with Crippen molar-refractivity contribution >= 4 is 10.0 Å². The Kier molecular flexibility index (Phi) is 5.40. The van der Waals surface area contributed by atoms with Crippen LogP contribution in [0.25, 0.3) is 0 Å². The summed E-state index contributed by atoms with van der Waals surface area (Å²) in [4.78, 5) is 4.17.